The van der Waals surface area contributed by atoms with Crippen molar-refractivity contribution in [1.29, 1.82) is 0 Å². The zero-order valence-electron chi connectivity index (χ0n) is 11.3. The monoisotopic (exact) mass is 253 g/mol. The van der Waals surface area contributed by atoms with Crippen LogP contribution in [0.4, 0.5) is 0 Å². The molecule has 2 fully saturated rings. The number of carbonyl (C=O) groups is 1. The van der Waals surface area contributed by atoms with Gasteiger partial charge in [0, 0.05) is 12.0 Å². The van der Waals surface area contributed by atoms with E-state index in [1.54, 1.807) is 0 Å². The van der Waals surface area contributed by atoms with E-state index in [0.29, 0.717) is 12.0 Å². The van der Waals surface area contributed by atoms with Gasteiger partial charge in [0.25, 0.3) is 0 Å². The number of hydrogen-bond donors (Lipinski definition) is 2. The van der Waals surface area contributed by atoms with E-state index in [4.69, 9.17) is 11.5 Å². The van der Waals surface area contributed by atoms with Crippen LogP contribution in [0.1, 0.15) is 44.9 Å². The quantitative estimate of drug-likeness (QED) is 0.740. The van der Waals surface area contributed by atoms with Crippen LogP contribution < -0.4 is 11.5 Å². The van der Waals surface area contributed by atoms with Crippen LogP contribution in [0.2, 0.25) is 0 Å². The van der Waals surface area contributed by atoms with Crippen LogP contribution in [0.25, 0.3) is 0 Å². The smallest absolute Gasteiger partial charge is 0.220 e. The van der Waals surface area contributed by atoms with E-state index in [0.717, 1.165) is 32.5 Å². The molecule has 1 amide bonds. The summed E-state index contributed by atoms with van der Waals surface area (Å²) < 4.78 is 0. The molecule has 4 N–H and O–H groups in total. The van der Waals surface area contributed by atoms with Gasteiger partial charge in [0.1, 0.15) is 0 Å². The highest BCUT2D eigenvalue weighted by Crippen LogP contribution is 2.29. The number of primary amides is 1. The third kappa shape index (κ3) is 3.23. The van der Waals surface area contributed by atoms with Crippen LogP contribution in [0, 0.1) is 11.8 Å². The van der Waals surface area contributed by atoms with E-state index in [1.165, 1.54) is 32.1 Å². The molecule has 0 radical (unpaired) electrons. The summed E-state index contributed by atoms with van der Waals surface area (Å²) >= 11 is 0. The van der Waals surface area contributed by atoms with Crippen molar-refractivity contribution in [2.45, 2.75) is 51.0 Å². The molecular weight excluding hydrogens is 226 g/mol. The molecule has 0 aromatic carbocycles. The van der Waals surface area contributed by atoms with Crippen molar-refractivity contribution >= 4 is 5.91 Å². The zero-order valence-corrected chi connectivity index (χ0v) is 11.3. The van der Waals surface area contributed by atoms with E-state index in [2.05, 4.69) is 4.90 Å². The molecule has 1 aliphatic heterocycles. The molecule has 1 saturated carbocycles. The Kier molecular flexibility index (Phi) is 5.01. The van der Waals surface area contributed by atoms with Gasteiger partial charge in [-0.05, 0) is 51.2 Å². The van der Waals surface area contributed by atoms with E-state index in [9.17, 15) is 4.79 Å². The van der Waals surface area contributed by atoms with Crippen LogP contribution in [0.3, 0.4) is 0 Å². The normalized spacial score (nSPS) is 32.1. The van der Waals surface area contributed by atoms with E-state index >= 15 is 0 Å². The van der Waals surface area contributed by atoms with E-state index < -0.39 is 0 Å². The standard InChI is InChI=1S/C14H27N3O/c15-10-12-4-2-1-3-5-13(12)17-8-6-11(7-9-17)14(16)18/h11-13H,1-10,15H2,(H2,16,18). The second kappa shape index (κ2) is 6.53. The molecule has 4 nitrogen and oxygen atoms in total. The summed E-state index contributed by atoms with van der Waals surface area (Å²) in [5.41, 5.74) is 11.3. The highest BCUT2D eigenvalue weighted by atomic mass is 16.1. The SMILES string of the molecule is NCC1CCCCCC1N1CCC(C(N)=O)CC1. The van der Waals surface area contributed by atoms with Gasteiger partial charge >= 0.3 is 0 Å². The van der Waals surface area contributed by atoms with Crippen molar-refractivity contribution in [2.75, 3.05) is 19.6 Å². The van der Waals surface area contributed by atoms with Crippen LogP contribution in [0.15, 0.2) is 0 Å². The maximum atomic E-state index is 11.2. The van der Waals surface area contributed by atoms with Gasteiger partial charge in [-0.3, -0.25) is 4.79 Å². The number of carbonyl (C=O) groups excluding carboxylic acids is 1. The van der Waals surface area contributed by atoms with Crippen LogP contribution in [-0.2, 0) is 4.79 Å². The largest absolute Gasteiger partial charge is 0.369 e. The van der Waals surface area contributed by atoms with Gasteiger partial charge in [-0.15, -0.1) is 0 Å². The summed E-state index contributed by atoms with van der Waals surface area (Å²) in [6.45, 7) is 2.85. The number of hydrogen-bond acceptors (Lipinski definition) is 3. The van der Waals surface area contributed by atoms with Crippen LogP contribution >= 0.6 is 0 Å². The van der Waals surface area contributed by atoms with Crippen molar-refractivity contribution in [1.82, 2.24) is 4.90 Å². The fraction of sp³-hybridized carbons (Fsp3) is 0.929. The Morgan fingerprint density at radius 3 is 2.33 bits per heavy atom. The molecular formula is C14H27N3O. The number of rotatable bonds is 3. The molecule has 1 saturated heterocycles. The van der Waals surface area contributed by atoms with Crippen molar-refractivity contribution in [3.8, 4) is 0 Å². The third-order valence-corrected chi connectivity index (χ3v) is 4.82. The van der Waals surface area contributed by atoms with Crippen molar-refractivity contribution < 1.29 is 4.79 Å². The molecule has 1 aliphatic carbocycles. The fourth-order valence-electron chi connectivity index (χ4n) is 3.64. The maximum absolute atomic E-state index is 11.2. The Balaban J connectivity index is 1.91. The molecule has 1 heterocycles. The topological polar surface area (TPSA) is 72.3 Å². The first-order valence-corrected chi connectivity index (χ1v) is 7.45. The molecule has 0 spiro atoms. The van der Waals surface area contributed by atoms with Gasteiger partial charge in [-0.2, -0.15) is 0 Å². The molecule has 2 atom stereocenters. The molecule has 0 aromatic heterocycles. The molecule has 2 unspecified atom stereocenters. The van der Waals surface area contributed by atoms with Gasteiger partial charge in [0.2, 0.25) is 5.91 Å². The lowest BCUT2D eigenvalue weighted by Crippen LogP contribution is -2.48. The van der Waals surface area contributed by atoms with Gasteiger partial charge < -0.3 is 16.4 Å². The maximum Gasteiger partial charge on any atom is 0.220 e. The van der Waals surface area contributed by atoms with Crippen LogP contribution in [-0.4, -0.2) is 36.5 Å². The number of likely N-dealkylation sites (tertiary alicyclic amines) is 1. The summed E-state index contributed by atoms with van der Waals surface area (Å²) in [6, 6.07) is 0.645. The first-order valence-electron chi connectivity index (χ1n) is 7.45. The number of nitrogens with two attached hydrogens (primary N) is 2. The molecule has 0 bridgehead atoms. The molecule has 2 rings (SSSR count). The van der Waals surface area contributed by atoms with Crippen molar-refractivity contribution in [2.24, 2.45) is 23.3 Å². The molecule has 18 heavy (non-hydrogen) atoms. The minimum atomic E-state index is -0.120. The number of nitrogens with zero attached hydrogens (tertiary/aromatic N) is 1. The second-order valence-electron chi connectivity index (χ2n) is 5.91. The highest BCUT2D eigenvalue weighted by Gasteiger charge is 2.31. The van der Waals surface area contributed by atoms with Gasteiger partial charge in [-0.1, -0.05) is 19.3 Å². The highest BCUT2D eigenvalue weighted by molar-refractivity contribution is 5.76. The Bertz CT molecular complexity index is 274. The van der Waals surface area contributed by atoms with Crippen LogP contribution in [0.5, 0.6) is 0 Å². The fourth-order valence-corrected chi connectivity index (χ4v) is 3.64. The van der Waals surface area contributed by atoms with E-state index in [1.807, 2.05) is 0 Å². The molecule has 0 aromatic rings. The average Bonchev–Trinajstić information content (AvgIpc) is 2.63. The average molecular weight is 253 g/mol. The number of amides is 1. The van der Waals surface area contributed by atoms with E-state index in [-0.39, 0.29) is 11.8 Å². The van der Waals surface area contributed by atoms with Gasteiger partial charge in [-0.25, -0.2) is 0 Å². The Morgan fingerprint density at radius 2 is 1.72 bits per heavy atom. The van der Waals surface area contributed by atoms with Gasteiger partial charge in [0.15, 0.2) is 0 Å². The summed E-state index contributed by atoms with van der Waals surface area (Å²) in [4.78, 5) is 13.8. The lowest BCUT2D eigenvalue weighted by Gasteiger charge is -2.40. The second-order valence-corrected chi connectivity index (χ2v) is 5.91. The molecule has 4 heteroatoms. The van der Waals surface area contributed by atoms with Gasteiger partial charge in [0.05, 0.1) is 0 Å². The molecule has 2 aliphatic rings. The summed E-state index contributed by atoms with van der Waals surface area (Å²) in [5, 5.41) is 0. The third-order valence-electron chi connectivity index (χ3n) is 4.82. The minimum absolute atomic E-state index is 0.100. The predicted octanol–water partition coefficient (Wildman–Crippen LogP) is 1.09. The summed E-state index contributed by atoms with van der Waals surface area (Å²) in [7, 11) is 0. The summed E-state index contributed by atoms with van der Waals surface area (Å²) in [5.74, 6) is 0.631. The lowest BCUT2D eigenvalue weighted by atomic mass is 9.89. The first-order chi connectivity index (χ1) is 8.72. The minimum Gasteiger partial charge on any atom is -0.369 e. The summed E-state index contributed by atoms with van der Waals surface area (Å²) in [6.07, 6.45) is 8.43. The lowest BCUT2D eigenvalue weighted by molar-refractivity contribution is -0.123. The van der Waals surface area contributed by atoms with Crippen molar-refractivity contribution in [3.05, 3.63) is 0 Å². The first kappa shape index (κ1) is 13.8. The Hall–Kier alpha value is -0.610. The van der Waals surface area contributed by atoms with Crippen molar-refractivity contribution in [3.63, 3.8) is 0 Å². The Morgan fingerprint density at radius 1 is 1.06 bits per heavy atom. The predicted molar refractivity (Wildman–Crippen MR) is 72.9 cm³/mol. The number of piperidine rings is 1. The zero-order chi connectivity index (χ0) is 13.0. The Labute approximate surface area is 110 Å². The molecule has 104 valence electrons.